The van der Waals surface area contributed by atoms with Crippen LogP contribution in [0, 0.1) is 5.92 Å². The van der Waals surface area contributed by atoms with Crippen LogP contribution < -0.4 is 5.73 Å². The lowest BCUT2D eigenvalue weighted by Gasteiger charge is -2.36. The molecule has 0 bridgehead atoms. The summed E-state index contributed by atoms with van der Waals surface area (Å²) in [7, 11) is 1.97. The van der Waals surface area contributed by atoms with Gasteiger partial charge in [-0.1, -0.05) is 25.4 Å². The zero-order chi connectivity index (χ0) is 13.3. The minimum Gasteiger partial charge on any atom is -0.325 e. The Bertz CT molecular complexity index is 417. The smallest absolute Gasteiger partial charge is 0.0850 e. The minimum atomic E-state index is -0.0883. The van der Waals surface area contributed by atoms with Crippen LogP contribution in [0.2, 0.25) is 5.02 Å². The molecule has 2 N–H and O–H groups in total. The average Bonchev–Trinajstić information content (AvgIpc) is 2.61. The van der Waals surface area contributed by atoms with Crippen LogP contribution in [0.4, 0.5) is 0 Å². The highest BCUT2D eigenvalue weighted by molar-refractivity contribution is 6.31. The van der Waals surface area contributed by atoms with Crippen LogP contribution in [0.15, 0.2) is 0 Å². The topological polar surface area (TPSA) is 43.8 Å². The third-order valence-electron chi connectivity index (χ3n) is 4.29. The first-order valence-corrected chi connectivity index (χ1v) is 7.32. The van der Waals surface area contributed by atoms with Gasteiger partial charge in [0.05, 0.1) is 16.4 Å². The molecular weight excluding hydrogens is 246 g/mol. The van der Waals surface area contributed by atoms with Crippen molar-refractivity contribution >= 4 is 11.6 Å². The van der Waals surface area contributed by atoms with Crippen LogP contribution in [0.5, 0.6) is 0 Å². The van der Waals surface area contributed by atoms with Gasteiger partial charge in [0.25, 0.3) is 0 Å². The van der Waals surface area contributed by atoms with E-state index in [4.69, 9.17) is 17.3 Å². The van der Waals surface area contributed by atoms with Crippen LogP contribution in [-0.2, 0) is 19.9 Å². The molecule has 1 saturated carbocycles. The Hall–Kier alpha value is -0.540. The third-order valence-corrected chi connectivity index (χ3v) is 4.73. The molecular formula is C14H24ClN3. The summed E-state index contributed by atoms with van der Waals surface area (Å²) in [6, 6.07) is 0. The first kappa shape index (κ1) is 13.9. The maximum absolute atomic E-state index is 6.54. The van der Waals surface area contributed by atoms with Gasteiger partial charge < -0.3 is 5.73 Å². The largest absolute Gasteiger partial charge is 0.325 e. The number of aryl methyl sites for hydroxylation is 2. The minimum absolute atomic E-state index is 0.0883. The summed E-state index contributed by atoms with van der Waals surface area (Å²) in [6.07, 6.45) is 6.37. The van der Waals surface area contributed by atoms with Gasteiger partial charge in [0.15, 0.2) is 0 Å². The third kappa shape index (κ3) is 2.72. The molecule has 0 saturated heterocycles. The maximum atomic E-state index is 6.54. The second-order valence-corrected chi connectivity index (χ2v) is 6.28. The predicted molar refractivity (Wildman–Crippen MR) is 75.9 cm³/mol. The standard InChI is InChI=1S/C14H24ClN3/c1-4-11-13(15)12(18(3)17-11)9-14(16)7-5-10(2)6-8-14/h10H,4-9,16H2,1-3H3. The zero-order valence-corrected chi connectivity index (χ0v) is 12.4. The molecule has 4 heteroatoms. The van der Waals surface area contributed by atoms with E-state index in [1.54, 1.807) is 0 Å². The first-order chi connectivity index (χ1) is 8.45. The highest BCUT2D eigenvalue weighted by Crippen LogP contribution is 2.34. The monoisotopic (exact) mass is 269 g/mol. The predicted octanol–water partition coefficient (Wildman–Crippen LogP) is 3.09. The molecule has 0 radical (unpaired) electrons. The number of rotatable bonds is 3. The Balaban J connectivity index is 2.16. The number of aromatic nitrogens is 2. The van der Waals surface area contributed by atoms with Crippen LogP contribution in [0.3, 0.4) is 0 Å². The van der Waals surface area contributed by atoms with Gasteiger partial charge in [-0.05, 0) is 38.0 Å². The first-order valence-electron chi connectivity index (χ1n) is 6.94. The number of nitrogens with zero attached hydrogens (tertiary/aromatic N) is 2. The molecule has 0 spiro atoms. The van der Waals surface area contributed by atoms with Crippen LogP contribution in [-0.4, -0.2) is 15.3 Å². The van der Waals surface area contributed by atoms with Crippen molar-refractivity contribution in [3.8, 4) is 0 Å². The van der Waals surface area contributed by atoms with Crippen molar-refractivity contribution in [1.82, 2.24) is 9.78 Å². The van der Waals surface area contributed by atoms with Crippen molar-refractivity contribution < 1.29 is 0 Å². The molecule has 102 valence electrons. The number of hydrogen-bond acceptors (Lipinski definition) is 2. The lowest BCUT2D eigenvalue weighted by atomic mass is 9.75. The van der Waals surface area contributed by atoms with Gasteiger partial charge in [-0.3, -0.25) is 4.68 Å². The lowest BCUT2D eigenvalue weighted by molar-refractivity contribution is 0.240. The molecule has 2 rings (SSSR count). The molecule has 1 aromatic heterocycles. The van der Waals surface area contributed by atoms with E-state index in [0.29, 0.717) is 0 Å². The summed E-state index contributed by atoms with van der Waals surface area (Å²) in [5.41, 5.74) is 8.54. The fourth-order valence-corrected chi connectivity index (χ4v) is 3.22. The molecule has 3 nitrogen and oxygen atoms in total. The van der Waals surface area contributed by atoms with Gasteiger partial charge in [0, 0.05) is 19.0 Å². The zero-order valence-electron chi connectivity index (χ0n) is 11.7. The molecule has 1 aliphatic rings. The summed E-state index contributed by atoms with van der Waals surface area (Å²) in [5.74, 6) is 0.815. The van der Waals surface area contributed by atoms with E-state index < -0.39 is 0 Å². The van der Waals surface area contributed by atoms with Crippen molar-refractivity contribution in [2.24, 2.45) is 18.7 Å². The summed E-state index contributed by atoms with van der Waals surface area (Å²) in [6.45, 7) is 4.39. The molecule has 1 aromatic rings. The quantitative estimate of drug-likeness (QED) is 0.916. The Morgan fingerprint density at radius 3 is 2.56 bits per heavy atom. The molecule has 0 aliphatic heterocycles. The molecule has 0 unspecified atom stereocenters. The van der Waals surface area contributed by atoms with E-state index in [0.717, 1.165) is 48.0 Å². The highest BCUT2D eigenvalue weighted by atomic mass is 35.5. The molecule has 1 fully saturated rings. The molecule has 0 amide bonds. The number of nitrogens with two attached hydrogens (primary N) is 1. The van der Waals surface area contributed by atoms with Gasteiger partial charge >= 0.3 is 0 Å². The molecule has 1 heterocycles. The van der Waals surface area contributed by atoms with E-state index in [2.05, 4.69) is 18.9 Å². The van der Waals surface area contributed by atoms with E-state index in [1.165, 1.54) is 12.8 Å². The fourth-order valence-electron chi connectivity index (χ4n) is 2.86. The fraction of sp³-hybridized carbons (Fsp3) is 0.786. The van der Waals surface area contributed by atoms with E-state index in [-0.39, 0.29) is 5.54 Å². The van der Waals surface area contributed by atoms with Crippen LogP contribution in [0.25, 0.3) is 0 Å². The van der Waals surface area contributed by atoms with Crippen molar-refractivity contribution in [1.29, 1.82) is 0 Å². The molecule has 0 atom stereocenters. The second-order valence-electron chi connectivity index (χ2n) is 5.91. The van der Waals surface area contributed by atoms with Gasteiger partial charge in [0.2, 0.25) is 0 Å². The van der Waals surface area contributed by atoms with E-state index >= 15 is 0 Å². The summed E-state index contributed by atoms with van der Waals surface area (Å²) < 4.78 is 1.91. The van der Waals surface area contributed by atoms with Gasteiger partial charge in [0.1, 0.15) is 0 Å². The average molecular weight is 270 g/mol. The van der Waals surface area contributed by atoms with Crippen molar-refractivity contribution in [3.05, 3.63) is 16.4 Å². The van der Waals surface area contributed by atoms with Gasteiger partial charge in [-0.25, -0.2) is 0 Å². The van der Waals surface area contributed by atoms with E-state index in [1.807, 2.05) is 11.7 Å². The Labute approximate surface area is 115 Å². The Morgan fingerprint density at radius 1 is 1.44 bits per heavy atom. The van der Waals surface area contributed by atoms with Gasteiger partial charge in [-0.2, -0.15) is 5.10 Å². The lowest BCUT2D eigenvalue weighted by Crippen LogP contribution is -2.45. The van der Waals surface area contributed by atoms with E-state index in [9.17, 15) is 0 Å². The summed E-state index contributed by atoms with van der Waals surface area (Å²) >= 11 is 6.40. The van der Waals surface area contributed by atoms with Crippen LogP contribution >= 0.6 is 11.6 Å². The van der Waals surface area contributed by atoms with Crippen molar-refractivity contribution in [2.75, 3.05) is 0 Å². The normalized spacial score (nSPS) is 28.6. The van der Waals surface area contributed by atoms with Crippen LogP contribution in [0.1, 0.15) is 50.9 Å². The molecule has 1 aliphatic carbocycles. The SMILES string of the molecule is CCc1nn(C)c(CC2(N)CCC(C)CC2)c1Cl. The Kier molecular flexibility index (Phi) is 4.02. The highest BCUT2D eigenvalue weighted by Gasteiger charge is 2.32. The van der Waals surface area contributed by atoms with Crippen molar-refractivity contribution in [3.63, 3.8) is 0 Å². The second kappa shape index (κ2) is 5.22. The maximum Gasteiger partial charge on any atom is 0.0850 e. The molecule has 18 heavy (non-hydrogen) atoms. The van der Waals surface area contributed by atoms with Gasteiger partial charge in [-0.15, -0.1) is 0 Å². The van der Waals surface area contributed by atoms with Crippen molar-refractivity contribution in [2.45, 2.75) is 57.9 Å². The summed E-state index contributed by atoms with van der Waals surface area (Å²) in [4.78, 5) is 0. The Morgan fingerprint density at radius 2 is 2.06 bits per heavy atom. The summed E-state index contributed by atoms with van der Waals surface area (Å²) in [5, 5.41) is 5.29. The number of halogens is 1. The number of hydrogen-bond donors (Lipinski definition) is 1. The molecule has 0 aromatic carbocycles.